The Labute approximate surface area is 201 Å². The number of benzene rings is 5. The Hall–Kier alpha value is -4.08. The molecule has 0 aliphatic heterocycles. The van der Waals surface area contributed by atoms with Crippen LogP contribution in [0.15, 0.2) is 60.7 Å². The molecular weight excluding hydrogens is 514 g/mol. The Bertz CT molecular complexity index is 1690. The third kappa shape index (κ3) is 3.70. The van der Waals surface area contributed by atoms with E-state index in [1.807, 2.05) is 0 Å². The van der Waals surface area contributed by atoms with Crippen LogP contribution in [0.4, 0.5) is 43.9 Å². The lowest BCUT2D eigenvalue weighted by Crippen LogP contribution is -2.16. The third-order valence-corrected chi connectivity index (χ3v) is 5.98. The van der Waals surface area contributed by atoms with Crippen LogP contribution in [0.5, 0.6) is 0 Å². The maximum Gasteiger partial charge on any atom is 0.422 e. The van der Waals surface area contributed by atoms with Gasteiger partial charge in [-0.1, -0.05) is 36.4 Å². The van der Waals surface area contributed by atoms with E-state index in [0.29, 0.717) is 12.1 Å². The van der Waals surface area contributed by atoms with Gasteiger partial charge in [-0.05, 0) is 40.6 Å². The number of rotatable bonds is 2. The zero-order chi connectivity index (χ0) is 26.8. The van der Waals surface area contributed by atoms with Crippen molar-refractivity contribution in [1.82, 2.24) is 0 Å². The monoisotopic (exact) mass is 524 g/mol. The second-order valence-corrected chi connectivity index (χ2v) is 8.09. The molecule has 0 N–H and O–H groups in total. The lowest BCUT2D eigenvalue weighted by atomic mass is 9.84. The fourth-order valence-corrected chi connectivity index (χ4v) is 4.52. The van der Waals surface area contributed by atoms with Crippen molar-refractivity contribution >= 4 is 21.5 Å². The molecule has 5 rings (SSSR count). The molecule has 0 atom stereocenters. The van der Waals surface area contributed by atoms with Gasteiger partial charge in [0.1, 0.15) is 23.0 Å². The average Bonchev–Trinajstić information content (AvgIpc) is 2.84. The molecule has 0 saturated heterocycles. The minimum Gasteiger partial charge on any atom is -0.207 e. The van der Waals surface area contributed by atoms with Crippen molar-refractivity contribution in [3.63, 3.8) is 0 Å². The van der Waals surface area contributed by atoms with E-state index in [-0.39, 0.29) is 16.5 Å². The highest BCUT2D eigenvalue weighted by atomic mass is 19.4. The van der Waals surface area contributed by atoms with Gasteiger partial charge in [-0.15, -0.1) is 0 Å². The quantitative estimate of drug-likeness (QED) is 0.123. The maximum atomic E-state index is 15.3. The molecule has 0 nitrogen and oxygen atoms in total. The van der Waals surface area contributed by atoms with Crippen LogP contribution < -0.4 is 0 Å². The first-order chi connectivity index (χ1) is 17.4. The third-order valence-electron chi connectivity index (χ3n) is 5.98. The van der Waals surface area contributed by atoms with Gasteiger partial charge in [-0.3, -0.25) is 0 Å². The Morgan fingerprint density at radius 3 is 1.57 bits per heavy atom. The number of alkyl halides is 3. The van der Waals surface area contributed by atoms with Crippen LogP contribution >= 0.6 is 0 Å². The molecule has 5 aromatic carbocycles. The van der Waals surface area contributed by atoms with Crippen molar-refractivity contribution in [2.75, 3.05) is 0 Å². The van der Waals surface area contributed by atoms with Crippen molar-refractivity contribution in [2.45, 2.75) is 6.18 Å². The summed E-state index contributed by atoms with van der Waals surface area (Å²) in [7, 11) is 0. The summed E-state index contributed by atoms with van der Waals surface area (Å²) in [5.41, 5.74) is -5.39. The first kappa shape index (κ1) is 24.6. The second kappa shape index (κ2) is 8.50. The number of hydrogen-bond acceptors (Lipinski definition) is 0. The Balaban J connectivity index is 2.10. The highest BCUT2D eigenvalue weighted by Crippen LogP contribution is 2.48. The van der Waals surface area contributed by atoms with E-state index in [1.54, 1.807) is 6.07 Å². The van der Waals surface area contributed by atoms with Crippen LogP contribution in [0.2, 0.25) is 0 Å². The fraction of sp³-hybridized carbons (Fsp3) is 0.0370. The molecular formula is C27H10F10. The van der Waals surface area contributed by atoms with Gasteiger partial charge in [0.15, 0.2) is 23.3 Å². The van der Waals surface area contributed by atoms with Gasteiger partial charge in [-0.2, -0.15) is 13.2 Å². The Morgan fingerprint density at radius 1 is 0.486 bits per heavy atom. The molecule has 188 valence electrons. The summed E-state index contributed by atoms with van der Waals surface area (Å²) in [5, 5.41) is -2.13. The molecule has 0 fully saturated rings. The van der Waals surface area contributed by atoms with Crippen molar-refractivity contribution in [3.05, 3.63) is 107 Å². The molecule has 0 aliphatic carbocycles. The van der Waals surface area contributed by atoms with Gasteiger partial charge in [0.05, 0.1) is 5.56 Å². The molecule has 0 radical (unpaired) electrons. The van der Waals surface area contributed by atoms with E-state index in [9.17, 15) is 26.3 Å². The number of fused-ring (bicyclic) bond motifs is 2. The van der Waals surface area contributed by atoms with Gasteiger partial charge in [0.2, 0.25) is 0 Å². The molecule has 0 aromatic heterocycles. The highest BCUT2D eigenvalue weighted by molar-refractivity contribution is 6.21. The standard InChI is InChI=1S/C27H10F10/c28-12-6-7-13-14(10-12)17(11-4-2-1-3-5-11)19-15(29)8-9-16(30)20(19)18(13)21-23(31)25(33)22(27(35,36)37)26(34)24(21)32/h1-10H. The highest BCUT2D eigenvalue weighted by Gasteiger charge is 2.43. The lowest BCUT2D eigenvalue weighted by molar-refractivity contribution is -0.143. The van der Waals surface area contributed by atoms with Gasteiger partial charge >= 0.3 is 6.18 Å². The smallest absolute Gasteiger partial charge is 0.207 e. The molecule has 0 amide bonds. The zero-order valence-electron chi connectivity index (χ0n) is 18.1. The summed E-state index contributed by atoms with van der Waals surface area (Å²) in [6.07, 6.45) is -5.81. The van der Waals surface area contributed by atoms with Crippen LogP contribution in [0.1, 0.15) is 5.56 Å². The Morgan fingerprint density at radius 2 is 1.03 bits per heavy atom. The first-order valence-electron chi connectivity index (χ1n) is 10.4. The van der Waals surface area contributed by atoms with E-state index in [4.69, 9.17) is 0 Å². The van der Waals surface area contributed by atoms with Crippen LogP contribution in [0.3, 0.4) is 0 Å². The predicted octanol–water partition coefficient (Wildman–Crippen LogP) is 9.32. The minimum atomic E-state index is -5.81. The maximum absolute atomic E-state index is 15.3. The zero-order valence-corrected chi connectivity index (χ0v) is 18.1. The van der Waals surface area contributed by atoms with Crippen LogP contribution in [-0.4, -0.2) is 0 Å². The molecule has 0 aliphatic rings. The lowest BCUT2D eigenvalue weighted by Gasteiger charge is -2.20. The van der Waals surface area contributed by atoms with E-state index in [1.165, 1.54) is 24.3 Å². The molecule has 0 saturated carbocycles. The van der Waals surface area contributed by atoms with Crippen molar-refractivity contribution in [1.29, 1.82) is 0 Å². The summed E-state index contributed by atoms with van der Waals surface area (Å²) >= 11 is 0. The van der Waals surface area contributed by atoms with Crippen LogP contribution in [0, 0.1) is 40.7 Å². The average molecular weight is 524 g/mol. The topological polar surface area (TPSA) is 0 Å². The molecule has 0 heterocycles. The summed E-state index contributed by atoms with van der Waals surface area (Å²) in [4.78, 5) is 0. The number of hydrogen-bond donors (Lipinski definition) is 0. The van der Waals surface area contributed by atoms with E-state index < -0.39 is 79.7 Å². The van der Waals surface area contributed by atoms with E-state index in [2.05, 4.69) is 0 Å². The summed E-state index contributed by atoms with van der Waals surface area (Å²) in [6, 6.07) is 11.4. The van der Waals surface area contributed by atoms with E-state index in [0.717, 1.165) is 18.2 Å². The Kier molecular flexibility index (Phi) is 5.65. The summed E-state index contributed by atoms with van der Waals surface area (Å²) in [6.45, 7) is 0. The predicted molar refractivity (Wildman–Crippen MR) is 117 cm³/mol. The number of halogens is 10. The molecule has 37 heavy (non-hydrogen) atoms. The largest absolute Gasteiger partial charge is 0.422 e. The summed E-state index contributed by atoms with van der Waals surface area (Å²) in [5.74, 6) is -13.8. The molecule has 5 aromatic rings. The van der Waals surface area contributed by atoms with Gasteiger partial charge in [-0.25, -0.2) is 30.7 Å². The van der Waals surface area contributed by atoms with Crippen molar-refractivity contribution in [2.24, 2.45) is 0 Å². The first-order valence-corrected chi connectivity index (χ1v) is 10.4. The van der Waals surface area contributed by atoms with Gasteiger partial charge in [0.25, 0.3) is 0 Å². The minimum absolute atomic E-state index is 0.112. The van der Waals surface area contributed by atoms with E-state index >= 15 is 17.6 Å². The van der Waals surface area contributed by atoms with Crippen LogP contribution in [-0.2, 0) is 6.18 Å². The molecule has 0 spiro atoms. The molecule has 0 bridgehead atoms. The van der Waals surface area contributed by atoms with Gasteiger partial charge < -0.3 is 0 Å². The summed E-state index contributed by atoms with van der Waals surface area (Å²) < 4.78 is 144. The van der Waals surface area contributed by atoms with Gasteiger partial charge in [0, 0.05) is 21.9 Å². The molecule has 10 heteroatoms. The SMILES string of the molecule is Fc1ccc2c(-c3c(F)c(F)c(C(F)(F)F)c(F)c3F)c3c(F)ccc(F)c3c(-c3ccccc3)c2c1. The fourth-order valence-electron chi connectivity index (χ4n) is 4.52. The molecule has 0 unspecified atom stereocenters. The van der Waals surface area contributed by atoms with Crippen LogP contribution in [0.25, 0.3) is 43.8 Å². The van der Waals surface area contributed by atoms with Crippen molar-refractivity contribution in [3.8, 4) is 22.3 Å². The second-order valence-electron chi connectivity index (χ2n) is 8.09. The van der Waals surface area contributed by atoms with Crippen molar-refractivity contribution < 1.29 is 43.9 Å². The normalized spacial score (nSPS) is 12.1.